The van der Waals surface area contributed by atoms with E-state index in [0.717, 1.165) is 18.7 Å². The molecule has 2 aromatic carbocycles. The fraction of sp³-hybridized carbons (Fsp3) is 0.296. The van der Waals surface area contributed by atoms with Crippen molar-refractivity contribution in [1.29, 1.82) is 0 Å². The van der Waals surface area contributed by atoms with Gasteiger partial charge in [0.1, 0.15) is 16.6 Å². The van der Waals surface area contributed by atoms with Crippen LogP contribution in [0.15, 0.2) is 53.4 Å². The van der Waals surface area contributed by atoms with E-state index >= 15 is 0 Å². The highest BCUT2D eigenvalue weighted by Crippen LogP contribution is 2.45. The monoisotopic (exact) mass is 617 g/mol. The number of sulfone groups is 1. The fourth-order valence-electron chi connectivity index (χ4n) is 4.63. The summed E-state index contributed by atoms with van der Waals surface area (Å²) in [6, 6.07) is 13.3. The lowest BCUT2D eigenvalue weighted by molar-refractivity contribution is -0.134. The van der Waals surface area contributed by atoms with Crippen LogP contribution in [0.5, 0.6) is 5.75 Å². The number of thioether (sulfide) groups is 1. The summed E-state index contributed by atoms with van der Waals surface area (Å²) in [5.74, 6) is -1.67. The number of ether oxygens (including phenoxy) is 1. The van der Waals surface area contributed by atoms with Crippen molar-refractivity contribution in [1.82, 2.24) is 4.90 Å². The van der Waals surface area contributed by atoms with Crippen LogP contribution in [0.1, 0.15) is 25.8 Å². The number of aliphatic carboxylic acids is 1. The van der Waals surface area contributed by atoms with Crippen LogP contribution in [0.4, 0.5) is 11.4 Å². The number of carboxylic acid groups (broad SMARTS) is 1. The van der Waals surface area contributed by atoms with Gasteiger partial charge in [-0.2, -0.15) is 0 Å². The number of carbonyl (C=O) groups is 4. The van der Waals surface area contributed by atoms with Crippen molar-refractivity contribution in [2.45, 2.75) is 26.3 Å². The smallest absolute Gasteiger partial charge is 0.300 e. The van der Waals surface area contributed by atoms with Crippen LogP contribution in [0, 0.1) is 0 Å². The number of hydrogen-bond acceptors (Lipinski definition) is 9. The van der Waals surface area contributed by atoms with E-state index in [1.165, 1.54) is 9.80 Å². The minimum absolute atomic E-state index is 0.000357. The molecule has 0 aromatic heterocycles. The highest BCUT2D eigenvalue weighted by atomic mass is 32.2. The molecule has 14 heteroatoms. The second-order valence-corrected chi connectivity index (χ2v) is 13.1. The molecule has 11 nitrogen and oxygen atoms in total. The van der Waals surface area contributed by atoms with Gasteiger partial charge in [-0.3, -0.25) is 29.0 Å². The number of fused-ring (bicyclic) bond motifs is 1. The molecule has 3 amide bonds. The number of nitrogens with one attached hydrogen (secondary N) is 1. The second kappa shape index (κ2) is 12.4. The summed E-state index contributed by atoms with van der Waals surface area (Å²) in [6.45, 7) is 3.24. The molecule has 2 fully saturated rings. The Labute approximate surface area is 246 Å². The molecule has 3 aliphatic rings. The Balaban J connectivity index is 0.000000909. The maximum Gasteiger partial charge on any atom is 0.300 e. The lowest BCUT2D eigenvalue weighted by Crippen LogP contribution is -2.39. The van der Waals surface area contributed by atoms with Crippen LogP contribution in [-0.2, 0) is 29.0 Å². The van der Waals surface area contributed by atoms with Gasteiger partial charge in [0.05, 0.1) is 40.3 Å². The molecule has 0 saturated carbocycles. The fourth-order valence-corrected chi connectivity index (χ4v) is 7.80. The van der Waals surface area contributed by atoms with Gasteiger partial charge in [-0.25, -0.2) is 8.42 Å². The molecule has 1 atom stereocenters. The van der Waals surface area contributed by atoms with Crippen molar-refractivity contribution in [3.8, 4) is 5.75 Å². The number of para-hydroxylation sites is 1. The molecule has 0 aliphatic carbocycles. The number of rotatable bonds is 6. The lowest BCUT2D eigenvalue weighted by Gasteiger charge is -2.21. The van der Waals surface area contributed by atoms with Gasteiger partial charge in [0, 0.05) is 18.2 Å². The van der Waals surface area contributed by atoms with Crippen LogP contribution < -0.4 is 15.0 Å². The predicted octanol–water partition coefficient (Wildman–Crippen LogP) is 2.92. The maximum atomic E-state index is 13.6. The number of nitrogens with zero attached hydrogens (tertiary/aromatic N) is 2. The van der Waals surface area contributed by atoms with Gasteiger partial charge in [0.25, 0.3) is 17.8 Å². The van der Waals surface area contributed by atoms with Gasteiger partial charge >= 0.3 is 0 Å². The number of amides is 3. The zero-order valence-corrected chi connectivity index (χ0v) is 24.6. The molecular formula is C27H27N3O8S3. The van der Waals surface area contributed by atoms with E-state index in [2.05, 4.69) is 5.32 Å². The topological polar surface area (TPSA) is 150 Å². The summed E-state index contributed by atoms with van der Waals surface area (Å²) in [6.07, 6.45) is 0.305. The van der Waals surface area contributed by atoms with Crippen LogP contribution in [0.25, 0.3) is 5.57 Å². The van der Waals surface area contributed by atoms with Gasteiger partial charge in [0.15, 0.2) is 9.84 Å². The van der Waals surface area contributed by atoms with Crippen molar-refractivity contribution in [3.05, 3.63) is 59.0 Å². The van der Waals surface area contributed by atoms with E-state index < -0.39 is 39.6 Å². The van der Waals surface area contributed by atoms with E-state index in [1.807, 2.05) is 6.92 Å². The number of carbonyl (C=O) groups excluding carboxylic acids is 3. The summed E-state index contributed by atoms with van der Waals surface area (Å²) < 4.78 is 29.6. The molecule has 3 aliphatic heterocycles. The third-order valence-corrected chi connectivity index (χ3v) is 9.42. The predicted molar refractivity (Wildman–Crippen MR) is 159 cm³/mol. The minimum atomic E-state index is -3.23. The molecule has 0 spiro atoms. The van der Waals surface area contributed by atoms with E-state index in [4.69, 9.17) is 26.9 Å². The summed E-state index contributed by atoms with van der Waals surface area (Å²) in [5.41, 5.74) is 1.77. The number of thiocarbonyl (C=S) groups is 1. The third-order valence-electron chi connectivity index (χ3n) is 6.27. The number of hydrogen-bond donors (Lipinski definition) is 2. The molecule has 2 aromatic rings. The zero-order chi connectivity index (χ0) is 29.9. The molecule has 3 heterocycles. The van der Waals surface area contributed by atoms with Gasteiger partial charge in [-0.1, -0.05) is 42.2 Å². The second-order valence-electron chi connectivity index (χ2n) is 9.24. The van der Waals surface area contributed by atoms with E-state index in [-0.39, 0.29) is 32.8 Å². The first kappa shape index (κ1) is 30.2. The van der Waals surface area contributed by atoms with Gasteiger partial charge in [0.2, 0.25) is 5.91 Å². The average Bonchev–Trinajstić information content (AvgIpc) is 3.50. The zero-order valence-electron chi connectivity index (χ0n) is 22.2. The Bertz CT molecular complexity index is 1550. The van der Waals surface area contributed by atoms with Crippen molar-refractivity contribution >= 4 is 78.8 Å². The molecule has 1 unspecified atom stereocenters. The van der Waals surface area contributed by atoms with E-state index in [0.29, 0.717) is 35.7 Å². The van der Waals surface area contributed by atoms with Gasteiger partial charge in [-0.15, -0.1) is 0 Å². The van der Waals surface area contributed by atoms with Gasteiger partial charge < -0.3 is 15.2 Å². The Kier molecular flexibility index (Phi) is 9.14. The van der Waals surface area contributed by atoms with Crippen molar-refractivity contribution in [3.63, 3.8) is 0 Å². The van der Waals surface area contributed by atoms with Crippen molar-refractivity contribution < 1.29 is 37.4 Å². The highest BCUT2D eigenvalue weighted by Gasteiger charge is 2.46. The Morgan fingerprint density at radius 3 is 2.39 bits per heavy atom. The van der Waals surface area contributed by atoms with Crippen LogP contribution in [0.2, 0.25) is 0 Å². The average molecular weight is 618 g/mol. The Morgan fingerprint density at radius 1 is 1.12 bits per heavy atom. The first-order valence-electron chi connectivity index (χ1n) is 12.6. The summed E-state index contributed by atoms with van der Waals surface area (Å²) in [5, 5.41) is 10.2. The number of carboxylic acids is 1. The summed E-state index contributed by atoms with van der Waals surface area (Å²) in [7, 11) is -3.23. The third kappa shape index (κ3) is 6.77. The molecule has 216 valence electrons. The standard InChI is InChI=1S/C25H23N3O6S3.C2H4O2/c1-2-34-17-9-7-15(8-10-17)26-20(29)13-27-19-6-4-3-5-18(19)21(23(27)30)22-24(31)28(25(35)36-22)16-11-12-37(32,33)14-16;1-2(3)4/h3-10,16H,2,11-14H2,1H3,(H,26,29);1H3,(H,3,4). The molecular weight excluding hydrogens is 591 g/mol. The molecule has 2 N–H and O–H groups in total. The van der Waals surface area contributed by atoms with Crippen LogP contribution >= 0.6 is 24.0 Å². The maximum absolute atomic E-state index is 13.6. The van der Waals surface area contributed by atoms with Crippen molar-refractivity contribution in [2.75, 3.05) is 34.9 Å². The quantitative estimate of drug-likeness (QED) is 0.366. The largest absolute Gasteiger partial charge is 0.494 e. The van der Waals surface area contributed by atoms with Gasteiger partial charge in [-0.05, 0) is 43.7 Å². The summed E-state index contributed by atoms with van der Waals surface area (Å²) in [4.78, 5) is 51.7. The Hall–Kier alpha value is -3.75. The van der Waals surface area contributed by atoms with E-state index in [9.17, 15) is 22.8 Å². The normalized spacial score (nSPS) is 20.9. The first-order chi connectivity index (χ1) is 19.4. The molecule has 5 rings (SSSR count). The van der Waals surface area contributed by atoms with E-state index in [1.54, 1.807) is 48.5 Å². The summed E-state index contributed by atoms with van der Waals surface area (Å²) >= 11 is 6.41. The van der Waals surface area contributed by atoms with Crippen molar-refractivity contribution in [2.24, 2.45) is 0 Å². The molecule has 41 heavy (non-hydrogen) atoms. The number of anilines is 2. The Morgan fingerprint density at radius 2 is 1.78 bits per heavy atom. The lowest BCUT2D eigenvalue weighted by atomic mass is 10.1. The number of benzene rings is 2. The molecule has 2 saturated heterocycles. The SMILES string of the molecule is CC(=O)O.CCOc1ccc(NC(=O)CN2C(=O)C(=C3SC(=S)N(C4CCS(=O)(=O)C4)C3=O)c3ccccc32)cc1. The van der Waals surface area contributed by atoms with Crippen LogP contribution in [-0.4, -0.2) is 77.1 Å². The minimum Gasteiger partial charge on any atom is -0.494 e. The first-order valence-corrected chi connectivity index (χ1v) is 15.6. The van der Waals surface area contributed by atoms with Crippen LogP contribution in [0.3, 0.4) is 0 Å². The molecule has 0 bridgehead atoms. The molecule has 0 radical (unpaired) electrons. The highest BCUT2D eigenvalue weighted by molar-refractivity contribution is 8.26.